The molecular formula is C26H27F3N8O. The Morgan fingerprint density at radius 3 is 2.55 bits per heavy atom. The van der Waals surface area contributed by atoms with E-state index >= 15 is 0 Å². The van der Waals surface area contributed by atoms with Gasteiger partial charge in [0.1, 0.15) is 18.0 Å². The summed E-state index contributed by atoms with van der Waals surface area (Å²) in [5.74, 6) is 1.14. The molecule has 2 heterocycles. The molecule has 0 aliphatic carbocycles. The van der Waals surface area contributed by atoms with Gasteiger partial charge in [0, 0.05) is 42.7 Å². The molecule has 0 atom stereocenters. The fourth-order valence-electron chi connectivity index (χ4n) is 3.80. The molecule has 1 amide bonds. The van der Waals surface area contributed by atoms with Crippen LogP contribution in [0.25, 0.3) is 5.82 Å². The predicted molar refractivity (Wildman–Crippen MR) is 140 cm³/mol. The first-order chi connectivity index (χ1) is 18.0. The maximum absolute atomic E-state index is 13.5. The standard InChI is InChI=1S/C26H27F3N8O/c1-16-5-6-20(34-25(38)18-9-17(14-36(3)4)10-19(11-18)26(27,28)29)12-21(16)35-23-7-8-33-37(23)24-13-22(30-2)31-15-32-24/h5-13,15,35H,14H2,1-4H3,(H,34,38)(H,30,31,32). The molecule has 2 aromatic carbocycles. The molecule has 3 N–H and O–H groups in total. The van der Waals surface area contributed by atoms with Gasteiger partial charge in [0.15, 0.2) is 5.82 Å². The molecule has 0 saturated heterocycles. The molecule has 2 aromatic heterocycles. The van der Waals surface area contributed by atoms with Crippen molar-refractivity contribution in [3.8, 4) is 5.82 Å². The Hall–Kier alpha value is -4.45. The number of carbonyl (C=O) groups is 1. The first kappa shape index (κ1) is 26.6. The number of alkyl halides is 3. The van der Waals surface area contributed by atoms with Crippen molar-refractivity contribution in [3.63, 3.8) is 0 Å². The van der Waals surface area contributed by atoms with Crippen LogP contribution < -0.4 is 16.0 Å². The Morgan fingerprint density at radius 2 is 1.84 bits per heavy atom. The lowest BCUT2D eigenvalue weighted by atomic mass is 10.0. The van der Waals surface area contributed by atoms with Gasteiger partial charge in [-0.3, -0.25) is 4.79 Å². The number of hydrogen-bond donors (Lipinski definition) is 3. The molecule has 0 aliphatic heterocycles. The number of nitrogens with one attached hydrogen (secondary N) is 3. The van der Waals surface area contributed by atoms with E-state index in [-0.39, 0.29) is 12.1 Å². The average molecular weight is 525 g/mol. The third kappa shape index (κ3) is 6.27. The number of rotatable bonds is 8. The topological polar surface area (TPSA) is 100 Å². The Bertz CT molecular complexity index is 1450. The van der Waals surface area contributed by atoms with Crippen LogP contribution in [0.3, 0.4) is 0 Å². The summed E-state index contributed by atoms with van der Waals surface area (Å²) in [6.07, 6.45) is -1.53. The zero-order valence-corrected chi connectivity index (χ0v) is 21.3. The minimum absolute atomic E-state index is 0.0751. The zero-order chi connectivity index (χ0) is 27.4. The van der Waals surface area contributed by atoms with E-state index in [2.05, 4.69) is 31.0 Å². The van der Waals surface area contributed by atoms with Crippen molar-refractivity contribution in [2.75, 3.05) is 37.1 Å². The molecule has 0 fully saturated rings. The van der Waals surface area contributed by atoms with E-state index < -0.39 is 17.6 Å². The van der Waals surface area contributed by atoms with Gasteiger partial charge in [-0.2, -0.15) is 23.0 Å². The monoisotopic (exact) mass is 524 g/mol. The number of anilines is 4. The minimum atomic E-state index is -4.57. The molecule has 9 nitrogen and oxygen atoms in total. The number of aryl methyl sites for hydroxylation is 1. The molecule has 198 valence electrons. The van der Waals surface area contributed by atoms with E-state index in [1.165, 1.54) is 12.4 Å². The van der Waals surface area contributed by atoms with Crippen LogP contribution in [-0.2, 0) is 12.7 Å². The second-order valence-corrected chi connectivity index (χ2v) is 8.90. The molecular weight excluding hydrogens is 497 g/mol. The summed E-state index contributed by atoms with van der Waals surface area (Å²) in [6.45, 7) is 2.15. The van der Waals surface area contributed by atoms with E-state index in [9.17, 15) is 18.0 Å². The van der Waals surface area contributed by atoms with Gasteiger partial charge in [-0.1, -0.05) is 6.07 Å². The third-order valence-corrected chi connectivity index (χ3v) is 5.61. The zero-order valence-electron chi connectivity index (χ0n) is 21.3. The van der Waals surface area contributed by atoms with Crippen molar-refractivity contribution in [2.24, 2.45) is 0 Å². The van der Waals surface area contributed by atoms with E-state index in [0.717, 1.165) is 17.7 Å². The third-order valence-electron chi connectivity index (χ3n) is 5.61. The summed E-state index contributed by atoms with van der Waals surface area (Å²) in [5.41, 5.74) is 1.41. The molecule has 0 aliphatic rings. The van der Waals surface area contributed by atoms with Crippen LogP contribution >= 0.6 is 0 Å². The van der Waals surface area contributed by atoms with Crippen LogP contribution in [0.15, 0.2) is 61.1 Å². The smallest absolute Gasteiger partial charge is 0.373 e. The van der Waals surface area contributed by atoms with Crippen LogP contribution in [-0.4, -0.2) is 51.7 Å². The molecule has 0 bridgehead atoms. The summed E-state index contributed by atoms with van der Waals surface area (Å²) in [6, 6.07) is 12.1. The number of nitrogens with zero attached hydrogens (tertiary/aromatic N) is 5. The van der Waals surface area contributed by atoms with Crippen molar-refractivity contribution < 1.29 is 18.0 Å². The number of carbonyl (C=O) groups excluding carboxylic acids is 1. The Labute approximate surface area is 217 Å². The molecule has 0 unspecified atom stereocenters. The SMILES string of the molecule is CNc1cc(-n2nccc2Nc2cc(NC(=O)c3cc(CN(C)C)cc(C(F)(F)F)c3)ccc2C)ncn1. The highest BCUT2D eigenvalue weighted by Crippen LogP contribution is 2.31. The van der Waals surface area contributed by atoms with E-state index in [0.29, 0.717) is 34.4 Å². The molecule has 0 saturated carbocycles. The fourth-order valence-corrected chi connectivity index (χ4v) is 3.80. The molecule has 38 heavy (non-hydrogen) atoms. The second kappa shape index (κ2) is 10.9. The van der Waals surface area contributed by atoms with Crippen molar-refractivity contribution in [1.29, 1.82) is 0 Å². The van der Waals surface area contributed by atoms with E-state index in [1.807, 2.05) is 6.92 Å². The quantitative estimate of drug-likeness (QED) is 0.295. The molecule has 12 heteroatoms. The van der Waals surface area contributed by atoms with Crippen molar-refractivity contribution in [2.45, 2.75) is 19.6 Å². The lowest BCUT2D eigenvalue weighted by Crippen LogP contribution is -2.17. The molecule has 0 radical (unpaired) electrons. The van der Waals surface area contributed by atoms with E-state index in [4.69, 9.17) is 0 Å². The first-order valence-corrected chi connectivity index (χ1v) is 11.6. The highest BCUT2D eigenvalue weighted by atomic mass is 19.4. The summed E-state index contributed by atoms with van der Waals surface area (Å²) in [5, 5.41) is 13.3. The van der Waals surface area contributed by atoms with Crippen molar-refractivity contribution in [3.05, 3.63) is 83.3 Å². The molecule has 4 rings (SSSR count). The maximum atomic E-state index is 13.5. The average Bonchev–Trinajstić information content (AvgIpc) is 3.33. The van der Waals surface area contributed by atoms with Gasteiger partial charge in [-0.25, -0.2) is 9.97 Å². The Morgan fingerprint density at radius 1 is 1.05 bits per heavy atom. The van der Waals surface area contributed by atoms with E-state index in [1.54, 1.807) is 67.3 Å². The number of benzene rings is 2. The van der Waals surface area contributed by atoms with Crippen LogP contribution in [0.1, 0.15) is 27.0 Å². The summed E-state index contributed by atoms with van der Waals surface area (Å²) < 4.78 is 42.0. The maximum Gasteiger partial charge on any atom is 0.416 e. The van der Waals surface area contributed by atoms with Crippen LogP contribution in [0.5, 0.6) is 0 Å². The van der Waals surface area contributed by atoms with Gasteiger partial charge in [0.25, 0.3) is 5.91 Å². The van der Waals surface area contributed by atoms with Crippen molar-refractivity contribution >= 4 is 28.9 Å². The van der Waals surface area contributed by atoms with Gasteiger partial charge in [-0.05, 0) is 62.5 Å². The lowest BCUT2D eigenvalue weighted by molar-refractivity contribution is -0.137. The van der Waals surface area contributed by atoms with Crippen molar-refractivity contribution in [1.82, 2.24) is 24.6 Å². The van der Waals surface area contributed by atoms with Crippen LogP contribution in [0.2, 0.25) is 0 Å². The van der Waals surface area contributed by atoms with Gasteiger partial charge in [0.2, 0.25) is 0 Å². The number of hydrogen-bond acceptors (Lipinski definition) is 7. The fraction of sp³-hybridized carbons (Fsp3) is 0.231. The molecule has 0 spiro atoms. The first-order valence-electron chi connectivity index (χ1n) is 11.6. The summed E-state index contributed by atoms with van der Waals surface area (Å²) >= 11 is 0. The van der Waals surface area contributed by atoms with Gasteiger partial charge in [0.05, 0.1) is 11.8 Å². The minimum Gasteiger partial charge on any atom is -0.373 e. The Balaban J connectivity index is 1.59. The van der Waals surface area contributed by atoms with Crippen LogP contribution in [0.4, 0.5) is 36.2 Å². The Kier molecular flexibility index (Phi) is 7.62. The summed E-state index contributed by atoms with van der Waals surface area (Å²) in [7, 11) is 5.24. The molecule has 4 aromatic rings. The van der Waals surface area contributed by atoms with Gasteiger partial charge < -0.3 is 20.9 Å². The highest BCUT2D eigenvalue weighted by molar-refractivity contribution is 6.04. The second-order valence-electron chi connectivity index (χ2n) is 8.90. The highest BCUT2D eigenvalue weighted by Gasteiger charge is 2.32. The number of halogens is 3. The number of amides is 1. The normalized spacial score (nSPS) is 11.5. The predicted octanol–water partition coefficient (Wildman–Crippen LogP) is 5.09. The van der Waals surface area contributed by atoms with Gasteiger partial charge >= 0.3 is 6.18 Å². The van der Waals surface area contributed by atoms with Gasteiger partial charge in [-0.15, -0.1) is 0 Å². The largest absolute Gasteiger partial charge is 0.416 e. The van der Waals surface area contributed by atoms with Crippen LogP contribution in [0, 0.1) is 6.92 Å². The number of aromatic nitrogens is 4. The summed E-state index contributed by atoms with van der Waals surface area (Å²) in [4.78, 5) is 23.1. The lowest BCUT2D eigenvalue weighted by Gasteiger charge is -2.16.